The molecule has 0 aromatic carbocycles. The molecule has 4 rings (SSSR count). The van der Waals surface area contributed by atoms with Crippen LogP contribution in [0.3, 0.4) is 0 Å². The number of hydrogen-bond donors (Lipinski definition) is 1. The molecule has 2 aliphatic rings. The van der Waals surface area contributed by atoms with Gasteiger partial charge in [0.1, 0.15) is 0 Å². The predicted molar refractivity (Wildman–Crippen MR) is 67.2 cm³/mol. The van der Waals surface area contributed by atoms with Gasteiger partial charge in [0, 0.05) is 6.20 Å². The molecule has 98 valence electrons. The van der Waals surface area contributed by atoms with Gasteiger partial charge in [-0.15, -0.1) is 0 Å². The predicted octanol–water partition coefficient (Wildman–Crippen LogP) is 1.75. The molecule has 2 fully saturated rings. The highest BCUT2D eigenvalue weighted by molar-refractivity contribution is 5.68. The Bertz CT molecular complexity index is 612. The van der Waals surface area contributed by atoms with Crippen molar-refractivity contribution >= 4 is 5.69 Å². The lowest BCUT2D eigenvalue weighted by molar-refractivity contribution is 0.0996. The first kappa shape index (κ1) is 10.9. The molecule has 3 atom stereocenters. The molecule has 6 heteroatoms. The van der Waals surface area contributed by atoms with Crippen molar-refractivity contribution in [3.8, 4) is 11.5 Å². The second-order valence-electron chi connectivity index (χ2n) is 5.14. The van der Waals surface area contributed by atoms with Gasteiger partial charge in [0.2, 0.25) is 0 Å². The summed E-state index contributed by atoms with van der Waals surface area (Å²) in [4.78, 5) is 8.43. The van der Waals surface area contributed by atoms with Crippen LogP contribution in [0.1, 0.15) is 31.0 Å². The first-order chi connectivity index (χ1) is 9.31. The molecule has 4 heterocycles. The number of aromatic nitrogens is 3. The highest BCUT2D eigenvalue weighted by Gasteiger charge is 2.43. The summed E-state index contributed by atoms with van der Waals surface area (Å²) in [6, 6.07) is 1.78. The summed E-state index contributed by atoms with van der Waals surface area (Å²) >= 11 is 0. The van der Waals surface area contributed by atoms with E-state index in [1.54, 1.807) is 18.5 Å². The Kier molecular flexibility index (Phi) is 2.32. The van der Waals surface area contributed by atoms with E-state index in [0.29, 0.717) is 17.7 Å². The van der Waals surface area contributed by atoms with E-state index in [9.17, 15) is 0 Å². The first-order valence-electron chi connectivity index (χ1n) is 6.50. The Morgan fingerprint density at radius 1 is 1.32 bits per heavy atom. The summed E-state index contributed by atoms with van der Waals surface area (Å²) in [5, 5.41) is 4.09. The maximum absolute atomic E-state index is 5.86. The molecule has 2 aromatic heterocycles. The highest BCUT2D eigenvalue weighted by atomic mass is 16.5. The molecule has 2 N–H and O–H groups in total. The van der Waals surface area contributed by atoms with Crippen LogP contribution < -0.4 is 5.73 Å². The summed E-state index contributed by atoms with van der Waals surface area (Å²) in [5.74, 6) is 1.45. The summed E-state index contributed by atoms with van der Waals surface area (Å²) in [7, 11) is 0. The second kappa shape index (κ2) is 4.03. The zero-order valence-corrected chi connectivity index (χ0v) is 10.3. The van der Waals surface area contributed by atoms with Crippen molar-refractivity contribution in [2.75, 3.05) is 5.73 Å². The fourth-order valence-corrected chi connectivity index (χ4v) is 3.01. The SMILES string of the molecule is Nc1cnccc1-c1nc(C2CC3CCC2O3)no1. The van der Waals surface area contributed by atoms with Gasteiger partial charge < -0.3 is 15.0 Å². The van der Waals surface area contributed by atoms with Gasteiger partial charge in [0.15, 0.2) is 5.82 Å². The van der Waals surface area contributed by atoms with Crippen LogP contribution in [-0.4, -0.2) is 27.3 Å². The number of nitrogens with zero attached hydrogens (tertiary/aromatic N) is 3. The Morgan fingerprint density at radius 3 is 3.00 bits per heavy atom. The Balaban J connectivity index is 1.65. The number of rotatable bonds is 2. The lowest BCUT2D eigenvalue weighted by Crippen LogP contribution is -2.15. The maximum atomic E-state index is 5.86. The molecule has 0 radical (unpaired) electrons. The van der Waals surface area contributed by atoms with Gasteiger partial charge in [-0.3, -0.25) is 4.98 Å². The number of pyridine rings is 1. The van der Waals surface area contributed by atoms with Gasteiger partial charge in [-0.25, -0.2) is 0 Å². The fourth-order valence-electron chi connectivity index (χ4n) is 3.01. The third-order valence-electron chi connectivity index (χ3n) is 3.96. The van der Waals surface area contributed by atoms with E-state index in [0.717, 1.165) is 30.7 Å². The van der Waals surface area contributed by atoms with E-state index in [1.165, 1.54) is 0 Å². The minimum atomic E-state index is 0.255. The van der Waals surface area contributed by atoms with Crippen molar-refractivity contribution in [1.29, 1.82) is 0 Å². The van der Waals surface area contributed by atoms with Crippen molar-refractivity contribution in [2.24, 2.45) is 0 Å². The van der Waals surface area contributed by atoms with Crippen LogP contribution in [-0.2, 0) is 4.74 Å². The fraction of sp³-hybridized carbons (Fsp3) is 0.462. The topological polar surface area (TPSA) is 87.1 Å². The largest absolute Gasteiger partial charge is 0.397 e. The number of nitrogens with two attached hydrogens (primary N) is 1. The summed E-state index contributed by atoms with van der Waals surface area (Å²) in [5.41, 5.74) is 7.14. The third-order valence-corrected chi connectivity index (χ3v) is 3.96. The smallest absolute Gasteiger partial charge is 0.260 e. The Morgan fingerprint density at radius 2 is 2.26 bits per heavy atom. The average molecular weight is 258 g/mol. The molecular weight excluding hydrogens is 244 g/mol. The average Bonchev–Trinajstić information content (AvgIpc) is 3.15. The van der Waals surface area contributed by atoms with Crippen LogP contribution in [0.2, 0.25) is 0 Å². The van der Waals surface area contributed by atoms with E-state index in [4.69, 9.17) is 15.0 Å². The Hall–Kier alpha value is -1.95. The van der Waals surface area contributed by atoms with Crippen LogP contribution in [0.25, 0.3) is 11.5 Å². The number of fused-ring (bicyclic) bond motifs is 2. The molecule has 6 nitrogen and oxygen atoms in total. The van der Waals surface area contributed by atoms with Crippen molar-refractivity contribution in [2.45, 2.75) is 37.4 Å². The van der Waals surface area contributed by atoms with Crippen molar-refractivity contribution in [3.05, 3.63) is 24.3 Å². The molecular formula is C13H14N4O2. The van der Waals surface area contributed by atoms with E-state index in [-0.39, 0.29) is 12.0 Å². The lowest BCUT2D eigenvalue weighted by atomic mass is 9.89. The van der Waals surface area contributed by atoms with Gasteiger partial charge in [0.05, 0.1) is 35.6 Å². The Labute approximate surface area is 110 Å². The number of ether oxygens (including phenoxy) is 1. The molecule has 19 heavy (non-hydrogen) atoms. The zero-order chi connectivity index (χ0) is 12.8. The van der Waals surface area contributed by atoms with Crippen molar-refractivity contribution in [1.82, 2.24) is 15.1 Å². The van der Waals surface area contributed by atoms with Gasteiger partial charge in [0.25, 0.3) is 5.89 Å². The summed E-state index contributed by atoms with van der Waals surface area (Å²) in [6.45, 7) is 0. The number of nitrogen functional groups attached to an aromatic ring is 1. The molecule has 0 saturated carbocycles. The molecule has 0 spiro atoms. The first-order valence-corrected chi connectivity index (χ1v) is 6.50. The van der Waals surface area contributed by atoms with E-state index in [2.05, 4.69) is 15.1 Å². The van der Waals surface area contributed by atoms with E-state index < -0.39 is 0 Å². The van der Waals surface area contributed by atoms with Crippen molar-refractivity contribution < 1.29 is 9.26 Å². The second-order valence-corrected chi connectivity index (χ2v) is 5.14. The third kappa shape index (κ3) is 1.71. The minimum absolute atomic E-state index is 0.255. The monoisotopic (exact) mass is 258 g/mol. The molecule has 2 saturated heterocycles. The van der Waals surface area contributed by atoms with Crippen LogP contribution in [0.4, 0.5) is 5.69 Å². The lowest BCUT2D eigenvalue weighted by Gasteiger charge is -2.13. The number of hydrogen-bond acceptors (Lipinski definition) is 6. The zero-order valence-electron chi connectivity index (χ0n) is 10.3. The van der Waals surface area contributed by atoms with E-state index >= 15 is 0 Å². The van der Waals surface area contributed by atoms with Crippen molar-refractivity contribution in [3.63, 3.8) is 0 Å². The van der Waals surface area contributed by atoms with Crippen LogP contribution in [0.5, 0.6) is 0 Å². The number of anilines is 1. The molecule has 2 bridgehead atoms. The van der Waals surface area contributed by atoms with Crippen LogP contribution in [0, 0.1) is 0 Å². The quantitative estimate of drug-likeness (QED) is 0.883. The van der Waals surface area contributed by atoms with Gasteiger partial charge >= 0.3 is 0 Å². The van der Waals surface area contributed by atoms with Gasteiger partial charge in [-0.1, -0.05) is 5.16 Å². The normalized spacial score (nSPS) is 28.9. The molecule has 2 aromatic rings. The molecule has 2 aliphatic heterocycles. The molecule has 0 aliphatic carbocycles. The highest BCUT2D eigenvalue weighted by Crippen LogP contribution is 2.43. The minimum Gasteiger partial charge on any atom is -0.397 e. The van der Waals surface area contributed by atoms with Gasteiger partial charge in [-0.05, 0) is 25.3 Å². The van der Waals surface area contributed by atoms with Crippen LogP contribution in [0.15, 0.2) is 23.0 Å². The van der Waals surface area contributed by atoms with E-state index in [1.807, 2.05) is 0 Å². The summed E-state index contributed by atoms with van der Waals surface area (Å²) in [6.07, 6.45) is 7.12. The molecule has 3 unspecified atom stereocenters. The maximum Gasteiger partial charge on any atom is 0.260 e. The van der Waals surface area contributed by atoms with Gasteiger partial charge in [-0.2, -0.15) is 4.98 Å². The summed E-state index contributed by atoms with van der Waals surface area (Å²) < 4.78 is 11.1. The standard InChI is InChI=1S/C13H14N4O2/c14-10-6-15-4-3-8(10)13-16-12(17-19-13)9-5-7-1-2-11(9)18-7/h3-4,6-7,9,11H,1-2,5,14H2. The molecule has 0 amide bonds. The van der Waals surface area contributed by atoms with Crippen LogP contribution >= 0.6 is 0 Å².